The van der Waals surface area contributed by atoms with E-state index < -0.39 is 0 Å². The molecule has 25 heavy (non-hydrogen) atoms. The Labute approximate surface area is 171 Å². The zero-order valence-corrected chi connectivity index (χ0v) is 18.7. The summed E-state index contributed by atoms with van der Waals surface area (Å²) in [6.07, 6.45) is 4.51. The topological polar surface area (TPSA) is 69.6 Å². The van der Waals surface area contributed by atoms with Crippen molar-refractivity contribution in [2.24, 2.45) is 10.9 Å². The number of hydrogen-bond acceptors (Lipinski definition) is 4. The lowest BCUT2D eigenvalue weighted by molar-refractivity contribution is -0.129. The summed E-state index contributed by atoms with van der Waals surface area (Å²) in [6.45, 7) is 8.63. The Morgan fingerprint density at radius 1 is 1.52 bits per heavy atom. The molecule has 2 heterocycles. The molecule has 6 nitrogen and oxygen atoms in total. The average molecular weight is 479 g/mol. The highest BCUT2D eigenvalue weighted by atomic mass is 127. The van der Waals surface area contributed by atoms with Crippen LogP contribution in [-0.4, -0.2) is 47.9 Å². The van der Waals surface area contributed by atoms with Gasteiger partial charge >= 0.3 is 0 Å². The lowest BCUT2D eigenvalue weighted by Gasteiger charge is -2.18. The minimum atomic E-state index is 0. The minimum Gasteiger partial charge on any atom is -0.352 e. The average Bonchev–Trinajstić information content (AvgIpc) is 3.19. The van der Waals surface area contributed by atoms with E-state index in [-0.39, 0.29) is 35.9 Å². The van der Waals surface area contributed by atoms with Gasteiger partial charge < -0.3 is 15.5 Å². The summed E-state index contributed by atoms with van der Waals surface area (Å²) in [6, 6.07) is 0.268. The van der Waals surface area contributed by atoms with Crippen molar-refractivity contribution < 1.29 is 4.79 Å². The fraction of sp³-hybridized carbons (Fsp3) is 0.706. The Morgan fingerprint density at radius 2 is 2.28 bits per heavy atom. The number of aromatic nitrogens is 1. The third-order valence-corrected chi connectivity index (χ3v) is 5.04. The van der Waals surface area contributed by atoms with Crippen molar-refractivity contribution in [1.82, 2.24) is 20.5 Å². The van der Waals surface area contributed by atoms with E-state index in [1.54, 1.807) is 18.4 Å². The number of carbonyl (C=O) groups excluding carboxylic acids is 1. The number of halogens is 1. The monoisotopic (exact) mass is 479 g/mol. The van der Waals surface area contributed by atoms with Crippen LogP contribution >= 0.6 is 35.3 Å². The number of hydrogen-bond donors (Lipinski definition) is 2. The first-order valence-corrected chi connectivity index (χ1v) is 9.52. The summed E-state index contributed by atoms with van der Waals surface area (Å²) in [7, 11) is 1.77. The molecular formula is C17H30IN5OS. The van der Waals surface area contributed by atoms with Gasteiger partial charge in [0.05, 0.1) is 11.6 Å². The van der Waals surface area contributed by atoms with E-state index in [1.807, 2.05) is 18.0 Å². The van der Waals surface area contributed by atoms with Crippen molar-refractivity contribution in [3.63, 3.8) is 0 Å². The van der Waals surface area contributed by atoms with Crippen LogP contribution in [0.3, 0.4) is 0 Å². The molecule has 0 aliphatic carbocycles. The van der Waals surface area contributed by atoms with E-state index >= 15 is 0 Å². The predicted octanol–water partition coefficient (Wildman–Crippen LogP) is 2.64. The molecule has 2 N–H and O–H groups in total. The molecule has 1 saturated heterocycles. The Morgan fingerprint density at radius 3 is 2.92 bits per heavy atom. The number of carbonyl (C=O) groups is 1. The number of amides is 1. The fourth-order valence-corrected chi connectivity index (χ4v) is 3.83. The van der Waals surface area contributed by atoms with E-state index in [0.717, 1.165) is 38.4 Å². The molecule has 1 amide bonds. The maximum absolute atomic E-state index is 11.8. The van der Waals surface area contributed by atoms with E-state index in [1.165, 1.54) is 9.88 Å². The highest BCUT2D eigenvalue weighted by molar-refractivity contribution is 14.0. The molecule has 2 rings (SSSR count). The Bertz CT molecular complexity index is 575. The van der Waals surface area contributed by atoms with Gasteiger partial charge in [-0.3, -0.25) is 9.79 Å². The van der Waals surface area contributed by atoms with Gasteiger partial charge in [0.15, 0.2) is 5.96 Å². The second-order valence-electron chi connectivity index (χ2n) is 6.57. The van der Waals surface area contributed by atoms with Crippen LogP contribution in [0.15, 0.2) is 11.2 Å². The molecule has 1 aliphatic heterocycles. The first-order valence-electron chi connectivity index (χ1n) is 8.70. The first-order chi connectivity index (χ1) is 11.5. The molecule has 0 saturated carbocycles. The van der Waals surface area contributed by atoms with Gasteiger partial charge in [-0.15, -0.1) is 35.3 Å². The van der Waals surface area contributed by atoms with E-state index in [2.05, 4.69) is 34.5 Å². The number of aliphatic imine (C=N–C) groups is 1. The number of nitrogens with one attached hydrogen (secondary N) is 2. The molecule has 1 unspecified atom stereocenters. The Hall–Kier alpha value is -0.900. The Kier molecular flexibility index (Phi) is 9.70. The molecule has 0 bridgehead atoms. The standard InChI is InChI=1S/C17H29N5OS.HI/c1-5-16(23)22-7-6-13(11-22)21-17(18-4)20-10-14-9-19-15(24-14)8-12(2)3;/h9,12-13H,5-8,10-11H2,1-4H3,(H2,18,20,21);1H. The highest BCUT2D eigenvalue weighted by Crippen LogP contribution is 2.16. The zero-order chi connectivity index (χ0) is 17.5. The van der Waals surface area contributed by atoms with Crippen LogP contribution in [0.5, 0.6) is 0 Å². The molecule has 1 fully saturated rings. The molecule has 0 aromatic carbocycles. The van der Waals surface area contributed by atoms with Crippen molar-refractivity contribution in [3.05, 3.63) is 16.1 Å². The predicted molar refractivity (Wildman–Crippen MR) is 115 cm³/mol. The van der Waals surface area contributed by atoms with Crippen LogP contribution in [0.1, 0.15) is 43.5 Å². The van der Waals surface area contributed by atoms with Crippen molar-refractivity contribution in [2.45, 2.75) is 52.6 Å². The molecule has 8 heteroatoms. The second-order valence-corrected chi connectivity index (χ2v) is 7.77. The van der Waals surface area contributed by atoms with Crippen LogP contribution in [0, 0.1) is 5.92 Å². The molecule has 1 atom stereocenters. The largest absolute Gasteiger partial charge is 0.352 e. The molecule has 1 aliphatic rings. The number of thiazole rings is 1. The van der Waals surface area contributed by atoms with Crippen LogP contribution in [0.4, 0.5) is 0 Å². The van der Waals surface area contributed by atoms with Gasteiger partial charge in [-0.05, 0) is 12.3 Å². The maximum Gasteiger partial charge on any atom is 0.222 e. The van der Waals surface area contributed by atoms with Gasteiger partial charge in [0.1, 0.15) is 0 Å². The normalized spacial score (nSPS) is 17.6. The van der Waals surface area contributed by atoms with Crippen LogP contribution < -0.4 is 10.6 Å². The highest BCUT2D eigenvalue weighted by Gasteiger charge is 2.25. The SMILES string of the molecule is CCC(=O)N1CCC(NC(=NC)NCc2cnc(CC(C)C)s2)C1.I. The van der Waals surface area contributed by atoms with Crippen LogP contribution in [-0.2, 0) is 17.8 Å². The van der Waals surface area contributed by atoms with Crippen LogP contribution in [0.2, 0.25) is 0 Å². The number of rotatable bonds is 6. The van der Waals surface area contributed by atoms with Gasteiger partial charge in [0.2, 0.25) is 5.91 Å². The summed E-state index contributed by atoms with van der Waals surface area (Å²) < 4.78 is 0. The lowest BCUT2D eigenvalue weighted by atomic mass is 10.1. The summed E-state index contributed by atoms with van der Waals surface area (Å²) in [4.78, 5) is 23.6. The van der Waals surface area contributed by atoms with E-state index in [4.69, 9.17) is 0 Å². The molecule has 0 spiro atoms. The quantitative estimate of drug-likeness (QED) is 0.374. The van der Waals surface area contributed by atoms with Crippen molar-refractivity contribution in [1.29, 1.82) is 0 Å². The number of guanidine groups is 1. The minimum absolute atomic E-state index is 0. The summed E-state index contributed by atoms with van der Waals surface area (Å²) >= 11 is 1.75. The smallest absolute Gasteiger partial charge is 0.222 e. The summed E-state index contributed by atoms with van der Waals surface area (Å²) in [5.74, 6) is 1.64. The van der Waals surface area contributed by atoms with Gasteiger partial charge in [-0.25, -0.2) is 4.98 Å². The number of nitrogens with zero attached hydrogens (tertiary/aromatic N) is 3. The van der Waals surface area contributed by atoms with Crippen molar-refractivity contribution in [2.75, 3.05) is 20.1 Å². The molecular weight excluding hydrogens is 449 g/mol. The molecule has 1 aromatic rings. The van der Waals surface area contributed by atoms with Gasteiger partial charge in [0.25, 0.3) is 0 Å². The summed E-state index contributed by atoms with van der Waals surface area (Å²) in [5.41, 5.74) is 0. The van der Waals surface area contributed by atoms with E-state index in [9.17, 15) is 4.79 Å². The molecule has 1 aromatic heterocycles. The Balaban J connectivity index is 0.00000312. The van der Waals surface area contributed by atoms with E-state index in [0.29, 0.717) is 12.3 Å². The fourth-order valence-electron chi connectivity index (χ4n) is 2.76. The van der Waals surface area contributed by atoms with Gasteiger partial charge in [-0.1, -0.05) is 20.8 Å². The van der Waals surface area contributed by atoms with Gasteiger partial charge in [-0.2, -0.15) is 0 Å². The third-order valence-electron chi connectivity index (χ3n) is 4.02. The third kappa shape index (κ3) is 7.08. The molecule has 0 radical (unpaired) electrons. The zero-order valence-electron chi connectivity index (χ0n) is 15.5. The van der Waals surface area contributed by atoms with Crippen molar-refractivity contribution >= 4 is 47.2 Å². The summed E-state index contributed by atoms with van der Waals surface area (Å²) in [5, 5.41) is 7.95. The maximum atomic E-state index is 11.8. The molecule has 142 valence electrons. The second kappa shape index (κ2) is 10.9. The van der Waals surface area contributed by atoms with Crippen LogP contribution in [0.25, 0.3) is 0 Å². The van der Waals surface area contributed by atoms with Gasteiger partial charge in [0, 0.05) is 50.1 Å². The lowest BCUT2D eigenvalue weighted by Crippen LogP contribution is -2.44. The number of likely N-dealkylation sites (tertiary alicyclic amines) is 1. The van der Waals surface area contributed by atoms with Crippen molar-refractivity contribution in [3.8, 4) is 0 Å². The first kappa shape index (κ1) is 22.1.